The van der Waals surface area contributed by atoms with Crippen molar-refractivity contribution < 1.29 is 5.11 Å². The first-order valence-electron chi connectivity index (χ1n) is 11.3. The molecule has 172 valence electrons. The molecule has 1 saturated carbocycles. The summed E-state index contributed by atoms with van der Waals surface area (Å²) < 4.78 is 1.11. The molecule has 0 bridgehead atoms. The van der Waals surface area contributed by atoms with Gasteiger partial charge in [0.05, 0.1) is 17.4 Å². The van der Waals surface area contributed by atoms with Crippen molar-refractivity contribution in [3.8, 4) is 0 Å². The van der Waals surface area contributed by atoms with Crippen LogP contribution in [0.1, 0.15) is 24.3 Å². The smallest absolute Gasteiger partial charge is 0.201 e. The van der Waals surface area contributed by atoms with E-state index in [1.165, 1.54) is 0 Å². The van der Waals surface area contributed by atoms with Crippen molar-refractivity contribution in [2.75, 3.05) is 37.5 Å². The predicted octanol–water partition coefficient (Wildman–Crippen LogP) is 3.25. The van der Waals surface area contributed by atoms with Gasteiger partial charge in [-0.25, -0.2) is 9.98 Å². The van der Waals surface area contributed by atoms with Gasteiger partial charge in [-0.05, 0) is 49.4 Å². The van der Waals surface area contributed by atoms with Gasteiger partial charge in [0.1, 0.15) is 16.3 Å². The van der Waals surface area contributed by atoms with Crippen molar-refractivity contribution in [3.05, 3.63) is 53.6 Å². The van der Waals surface area contributed by atoms with E-state index in [0.29, 0.717) is 24.5 Å². The summed E-state index contributed by atoms with van der Waals surface area (Å²) >= 11 is 1.66. The number of aliphatic hydroxyl groups excluding tert-OH is 1. The van der Waals surface area contributed by atoms with E-state index in [9.17, 15) is 5.11 Å². The Labute approximate surface area is 197 Å². The molecule has 0 saturated heterocycles. The number of rotatable bonds is 6. The number of fused-ring (bicyclic) bond motifs is 1. The molecule has 2 aliphatic rings. The third-order valence-electron chi connectivity index (χ3n) is 6.16. The molecule has 1 aliphatic carbocycles. The highest BCUT2D eigenvalue weighted by Crippen LogP contribution is 2.31. The molecular weight excluding hydrogens is 434 g/mol. The summed E-state index contributed by atoms with van der Waals surface area (Å²) in [6, 6.07) is 10.5. The largest absolute Gasteiger partial charge is 0.396 e. The number of benzene rings is 1. The van der Waals surface area contributed by atoms with Gasteiger partial charge in [-0.15, -0.1) is 11.3 Å². The van der Waals surface area contributed by atoms with Gasteiger partial charge in [0.25, 0.3) is 0 Å². The lowest BCUT2D eigenvalue weighted by Gasteiger charge is -2.26. The number of hydrogen-bond acceptors (Lipinski definition) is 9. The van der Waals surface area contributed by atoms with Crippen LogP contribution in [0.5, 0.6) is 0 Å². The third kappa shape index (κ3) is 4.79. The summed E-state index contributed by atoms with van der Waals surface area (Å²) in [5, 5.41) is 21.1. The van der Waals surface area contributed by atoms with Crippen LogP contribution in [-0.2, 0) is 0 Å². The van der Waals surface area contributed by atoms with Gasteiger partial charge >= 0.3 is 0 Å². The number of pyridine rings is 1. The molecule has 3 heterocycles. The number of nitrogens with zero attached hydrogens (tertiary/aromatic N) is 4. The topological polar surface area (TPSA) is 97.7 Å². The molecule has 1 aromatic carbocycles. The Kier molecular flexibility index (Phi) is 6.15. The first-order chi connectivity index (χ1) is 16.1. The van der Waals surface area contributed by atoms with Crippen LogP contribution in [0.4, 0.5) is 11.4 Å². The molecule has 0 amide bonds. The van der Waals surface area contributed by atoms with Crippen LogP contribution in [-0.4, -0.2) is 54.3 Å². The van der Waals surface area contributed by atoms with Crippen LogP contribution >= 0.6 is 11.3 Å². The first-order valence-corrected chi connectivity index (χ1v) is 12.1. The number of nitrogens with one attached hydrogen (secondary N) is 3. The van der Waals surface area contributed by atoms with Crippen LogP contribution in [0.3, 0.4) is 0 Å². The molecule has 1 fully saturated rings. The SMILES string of the molecule is CN(C)c1cccc(NC2=NCC(c3nc4cnccc4s3)=C(NC3CC[C@@H](CO)C3)N2)c1. The quantitative estimate of drug-likeness (QED) is 0.446. The molecule has 3 aromatic rings. The Hall–Kier alpha value is -3.17. The Bertz CT molecular complexity index is 1170. The molecular formula is C24H29N7OS. The molecule has 33 heavy (non-hydrogen) atoms. The summed E-state index contributed by atoms with van der Waals surface area (Å²) in [5.74, 6) is 2.01. The molecule has 0 spiro atoms. The minimum Gasteiger partial charge on any atom is -0.396 e. The van der Waals surface area contributed by atoms with E-state index < -0.39 is 0 Å². The van der Waals surface area contributed by atoms with E-state index in [0.717, 1.165) is 57.3 Å². The fourth-order valence-corrected chi connectivity index (χ4v) is 5.30. The number of aliphatic imine (C=N–C) groups is 1. The van der Waals surface area contributed by atoms with Crippen LogP contribution < -0.4 is 20.9 Å². The van der Waals surface area contributed by atoms with E-state index >= 15 is 0 Å². The maximum absolute atomic E-state index is 9.57. The highest BCUT2D eigenvalue weighted by atomic mass is 32.1. The molecule has 5 rings (SSSR count). The second kappa shape index (κ2) is 9.36. The number of aromatic nitrogens is 2. The number of thiazole rings is 1. The summed E-state index contributed by atoms with van der Waals surface area (Å²) in [6.07, 6.45) is 6.64. The first kappa shape index (κ1) is 21.7. The maximum atomic E-state index is 9.57. The summed E-state index contributed by atoms with van der Waals surface area (Å²) in [4.78, 5) is 15.9. The van der Waals surface area contributed by atoms with Gasteiger partial charge in [-0.2, -0.15) is 0 Å². The van der Waals surface area contributed by atoms with E-state index in [4.69, 9.17) is 9.98 Å². The Morgan fingerprint density at radius 2 is 2.15 bits per heavy atom. The van der Waals surface area contributed by atoms with Crippen molar-refractivity contribution in [2.45, 2.75) is 25.3 Å². The molecule has 8 nitrogen and oxygen atoms in total. The fraction of sp³-hybridized carbons (Fsp3) is 0.375. The molecule has 9 heteroatoms. The Morgan fingerprint density at radius 3 is 2.94 bits per heavy atom. The van der Waals surface area contributed by atoms with Crippen molar-refractivity contribution in [1.82, 2.24) is 20.6 Å². The van der Waals surface area contributed by atoms with Crippen molar-refractivity contribution in [3.63, 3.8) is 0 Å². The molecule has 4 N–H and O–H groups in total. The van der Waals surface area contributed by atoms with Gasteiger partial charge in [0.2, 0.25) is 5.96 Å². The lowest BCUT2D eigenvalue weighted by atomic mass is 10.1. The molecule has 1 aliphatic heterocycles. The average molecular weight is 464 g/mol. The van der Waals surface area contributed by atoms with Crippen molar-refractivity contribution in [2.24, 2.45) is 10.9 Å². The number of guanidine groups is 1. The zero-order valence-corrected chi connectivity index (χ0v) is 19.7. The van der Waals surface area contributed by atoms with Gasteiger partial charge in [0.15, 0.2) is 0 Å². The molecule has 0 radical (unpaired) electrons. The Balaban J connectivity index is 1.41. The highest BCUT2D eigenvalue weighted by Gasteiger charge is 2.27. The second-order valence-corrected chi connectivity index (χ2v) is 9.81. The van der Waals surface area contributed by atoms with Crippen LogP contribution in [0.25, 0.3) is 15.8 Å². The van der Waals surface area contributed by atoms with Gasteiger partial charge in [0, 0.05) is 49.9 Å². The number of hydrogen-bond donors (Lipinski definition) is 4. The zero-order valence-electron chi connectivity index (χ0n) is 18.9. The van der Waals surface area contributed by atoms with Gasteiger partial charge in [-0.1, -0.05) is 6.07 Å². The lowest BCUT2D eigenvalue weighted by molar-refractivity contribution is 0.228. The summed E-state index contributed by atoms with van der Waals surface area (Å²) in [7, 11) is 4.06. The van der Waals surface area contributed by atoms with Crippen molar-refractivity contribution in [1.29, 1.82) is 0 Å². The van der Waals surface area contributed by atoms with Crippen LogP contribution in [0, 0.1) is 5.92 Å². The van der Waals surface area contributed by atoms with E-state index in [1.807, 2.05) is 32.3 Å². The fourth-order valence-electron chi connectivity index (χ4n) is 4.32. The third-order valence-corrected chi connectivity index (χ3v) is 7.26. The average Bonchev–Trinajstić information content (AvgIpc) is 3.46. The minimum absolute atomic E-state index is 0.249. The summed E-state index contributed by atoms with van der Waals surface area (Å²) in [5.41, 5.74) is 4.05. The number of anilines is 2. The normalized spacial score (nSPS) is 20.5. The van der Waals surface area contributed by atoms with Crippen LogP contribution in [0.2, 0.25) is 0 Å². The van der Waals surface area contributed by atoms with E-state index in [2.05, 4.69) is 38.0 Å². The zero-order chi connectivity index (χ0) is 22.8. The highest BCUT2D eigenvalue weighted by molar-refractivity contribution is 7.19. The Morgan fingerprint density at radius 1 is 1.24 bits per heavy atom. The lowest BCUT2D eigenvalue weighted by Crippen LogP contribution is -2.42. The molecule has 2 aromatic heterocycles. The second-order valence-electron chi connectivity index (χ2n) is 8.78. The van der Waals surface area contributed by atoms with Gasteiger partial charge < -0.3 is 26.0 Å². The maximum Gasteiger partial charge on any atom is 0.201 e. The number of aliphatic hydroxyl groups is 1. The van der Waals surface area contributed by atoms with Crippen LogP contribution in [0.15, 0.2) is 53.5 Å². The predicted molar refractivity (Wildman–Crippen MR) is 136 cm³/mol. The summed E-state index contributed by atoms with van der Waals surface area (Å²) in [6.45, 7) is 0.771. The van der Waals surface area contributed by atoms with Crippen molar-refractivity contribution >= 4 is 44.5 Å². The molecule has 2 atom stereocenters. The van der Waals surface area contributed by atoms with Gasteiger partial charge in [-0.3, -0.25) is 4.98 Å². The standard InChI is InChI=1S/C24H29N7OS/c1-31(2)18-5-3-4-16(11-18)28-24-26-12-19(23-29-20-13-25-9-8-21(20)33-23)22(30-24)27-17-7-6-15(10-17)14-32/h3-5,8-9,11,13,15,17,27,32H,6-7,10,12,14H2,1-2H3,(H2,26,28,30)/t15-,17?/m1/s1. The minimum atomic E-state index is 0.249. The van der Waals surface area contributed by atoms with E-state index in [1.54, 1.807) is 23.7 Å². The monoisotopic (exact) mass is 463 g/mol. The molecule has 1 unspecified atom stereocenters. The van der Waals surface area contributed by atoms with E-state index in [-0.39, 0.29) is 6.61 Å².